The number of nitrogens with zero attached hydrogens (tertiary/aromatic N) is 3. The van der Waals surface area contributed by atoms with Crippen LogP contribution in [0.3, 0.4) is 0 Å². The minimum absolute atomic E-state index is 0.114. The highest BCUT2D eigenvalue weighted by Gasteiger charge is 2.15. The molecule has 128 valence electrons. The first-order valence-electron chi connectivity index (χ1n) is 7.92. The van der Waals surface area contributed by atoms with Crippen LogP contribution in [0.5, 0.6) is 0 Å². The average Bonchev–Trinajstić information content (AvgIpc) is 3.13. The van der Waals surface area contributed by atoms with Crippen LogP contribution in [0.1, 0.15) is 19.2 Å². The molecule has 8 nitrogen and oxygen atoms in total. The molecule has 0 radical (unpaired) electrons. The second-order valence-electron chi connectivity index (χ2n) is 5.45. The highest BCUT2D eigenvalue weighted by atomic mass is 16.5. The molecule has 3 rings (SSSR count). The molecule has 24 heavy (non-hydrogen) atoms. The lowest BCUT2D eigenvalue weighted by Gasteiger charge is -2.09. The summed E-state index contributed by atoms with van der Waals surface area (Å²) in [6.07, 6.45) is 2.30. The number of aryl methyl sites for hydroxylation is 1. The SMILES string of the molecule is CCOCCCNC(=O)Cn1nc(C)n2c(cc3occc32)c1=O. The predicted molar refractivity (Wildman–Crippen MR) is 88.1 cm³/mol. The van der Waals surface area contributed by atoms with Crippen LogP contribution in [0.25, 0.3) is 16.6 Å². The van der Waals surface area contributed by atoms with Crippen LogP contribution in [0.4, 0.5) is 0 Å². The van der Waals surface area contributed by atoms with E-state index in [9.17, 15) is 9.59 Å². The Labute approximate surface area is 138 Å². The van der Waals surface area contributed by atoms with Crippen molar-refractivity contribution in [2.45, 2.75) is 26.8 Å². The molecular weight excluding hydrogens is 312 g/mol. The molecule has 0 atom stereocenters. The molecule has 0 bridgehead atoms. The largest absolute Gasteiger partial charge is 0.463 e. The van der Waals surface area contributed by atoms with E-state index in [1.807, 2.05) is 6.92 Å². The third-order valence-electron chi connectivity index (χ3n) is 3.75. The Morgan fingerprint density at radius 3 is 3.04 bits per heavy atom. The van der Waals surface area contributed by atoms with Crippen LogP contribution in [0.15, 0.2) is 27.6 Å². The molecule has 8 heteroatoms. The molecule has 0 aromatic carbocycles. The number of hydrogen-bond acceptors (Lipinski definition) is 5. The lowest BCUT2D eigenvalue weighted by Crippen LogP contribution is -2.35. The Morgan fingerprint density at radius 1 is 1.42 bits per heavy atom. The van der Waals surface area contributed by atoms with Crippen molar-refractivity contribution in [2.24, 2.45) is 0 Å². The Bertz CT molecular complexity index is 921. The van der Waals surface area contributed by atoms with Gasteiger partial charge in [-0.2, -0.15) is 5.10 Å². The summed E-state index contributed by atoms with van der Waals surface area (Å²) in [6.45, 7) is 5.36. The molecule has 0 fully saturated rings. The van der Waals surface area contributed by atoms with E-state index in [2.05, 4.69) is 10.4 Å². The molecule has 0 aliphatic carbocycles. The number of aromatic nitrogens is 3. The van der Waals surface area contributed by atoms with Gasteiger partial charge in [0, 0.05) is 31.9 Å². The van der Waals surface area contributed by atoms with E-state index in [-0.39, 0.29) is 18.0 Å². The summed E-state index contributed by atoms with van der Waals surface area (Å²) >= 11 is 0. The van der Waals surface area contributed by atoms with E-state index >= 15 is 0 Å². The minimum atomic E-state index is -0.323. The molecule has 3 aromatic rings. The molecule has 3 heterocycles. The van der Waals surface area contributed by atoms with Crippen molar-refractivity contribution in [3.63, 3.8) is 0 Å². The van der Waals surface area contributed by atoms with Gasteiger partial charge in [-0.1, -0.05) is 0 Å². The van der Waals surface area contributed by atoms with E-state index in [1.54, 1.807) is 29.7 Å². The first-order chi connectivity index (χ1) is 11.6. The smallest absolute Gasteiger partial charge is 0.291 e. The lowest BCUT2D eigenvalue weighted by atomic mass is 10.4. The number of amides is 1. The standard InChI is InChI=1S/C16H20N4O4/c1-3-23-7-4-6-17-15(21)10-19-16(22)13-9-14-12(5-8-24-14)20(13)11(2)18-19/h5,8-9H,3-4,6-7,10H2,1-2H3,(H,17,21). The second-order valence-corrected chi connectivity index (χ2v) is 5.45. The fourth-order valence-corrected chi connectivity index (χ4v) is 2.67. The zero-order valence-electron chi connectivity index (χ0n) is 13.7. The fourth-order valence-electron chi connectivity index (χ4n) is 2.67. The number of hydrogen-bond donors (Lipinski definition) is 1. The van der Waals surface area contributed by atoms with E-state index in [0.29, 0.717) is 36.7 Å². The summed E-state index contributed by atoms with van der Waals surface area (Å²) in [6, 6.07) is 3.45. The van der Waals surface area contributed by atoms with Crippen LogP contribution in [0, 0.1) is 6.92 Å². The summed E-state index contributed by atoms with van der Waals surface area (Å²) in [5.41, 5.74) is 1.53. The van der Waals surface area contributed by atoms with Crippen molar-refractivity contribution in [2.75, 3.05) is 19.8 Å². The Hall–Kier alpha value is -2.61. The molecule has 0 saturated carbocycles. The molecule has 0 unspecified atom stereocenters. The van der Waals surface area contributed by atoms with Crippen LogP contribution in [-0.2, 0) is 16.1 Å². The van der Waals surface area contributed by atoms with Gasteiger partial charge in [-0.25, -0.2) is 4.68 Å². The van der Waals surface area contributed by atoms with Crippen LogP contribution < -0.4 is 10.9 Å². The molecule has 0 aliphatic rings. The molecule has 1 N–H and O–H groups in total. The molecular formula is C16H20N4O4. The van der Waals surface area contributed by atoms with Gasteiger partial charge in [0.15, 0.2) is 5.58 Å². The summed E-state index contributed by atoms with van der Waals surface area (Å²) < 4.78 is 13.5. The highest BCUT2D eigenvalue weighted by molar-refractivity contribution is 5.82. The van der Waals surface area contributed by atoms with Crippen LogP contribution in [0.2, 0.25) is 0 Å². The Morgan fingerprint density at radius 2 is 2.25 bits per heavy atom. The fraction of sp³-hybridized carbons (Fsp3) is 0.438. The van der Waals surface area contributed by atoms with Gasteiger partial charge >= 0.3 is 0 Å². The van der Waals surface area contributed by atoms with Crippen molar-refractivity contribution >= 4 is 22.5 Å². The van der Waals surface area contributed by atoms with Crippen molar-refractivity contribution in [3.05, 3.63) is 34.6 Å². The van der Waals surface area contributed by atoms with Crippen LogP contribution in [-0.4, -0.2) is 39.8 Å². The maximum absolute atomic E-state index is 12.5. The first-order valence-corrected chi connectivity index (χ1v) is 7.92. The molecule has 1 amide bonds. The van der Waals surface area contributed by atoms with Gasteiger partial charge in [-0.3, -0.25) is 14.0 Å². The van der Waals surface area contributed by atoms with E-state index in [1.165, 1.54) is 4.68 Å². The highest BCUT2D eigenvalue weighted by Crippen LogP contribution is 2.19. The van der Waals surface area contributed by atoms with E-state index < -0.39 is 0 Å². The van der Waals surface area contributed by atoms with Gasteiger partial charge in [-0.15, -0.1) is 0 Å². The number of carbonyl (C=O) groups excluding carboxylic acids is 1. The Kier molecular flexibility index (Phi) is 4.66. The molecule has 0 saturated heterocycles. The quantitative estimate of drug-likeness (QED) is 0.654. The second kappa shape index (κ2) is 6.88. The van der Waals surface area contributed by atoms with Gasteiger partial charge in [0.25, 0.3) is 5.56 Å². The average molecular weight is 332 g/mol. The Balaban J connectivity index is 1.76. The number of fused-ring (bicyclic) bond motifs is 3. The number of furan rings is 1. The van der Waals surface area contributed by atoms with Crippen molar-refractivity contribution in [1.82, 2.24) is 19.5 Å². The van der Waals surface area contributed by atoms with Crippen LogP contribution >= 0.6 is 0 Å². The molecule has 3 aromatic heterocycles. The number of carbonyl (C=O) groups is 1. The minimum Gasteiger partial charge on any atom is -0.463 e. The van der Waals surface area contributed by atoms with Gasteiger partial charge in [0.2, 0.25) is 5.91 Å². The van der Waals surface area contributed by atoms with Crippen molar-refractivity contribution in [1.29, 1.82) is 0 Å². The number of ether oxygens (including phenoxy) is 1. The normalized spacial score (nSPS) is 11.4. The van der Waals surface area contributed by atoms with Gasteiger partial charge in [0.1, 0.15) is 17.9 Å². The first kappa shape index (κ1) is 16.3. The monoisotopic (exact) mass is 332 g/mol. The summed E-state index contributed by atoms with van der Waals surface area (Å²) in [4.78, 5) is 24.5. The zero-order chi connectivity index (χ0) is 17.1. The third-order valence-corrected chi connectivity index (χ3v) is 3.75. The topological polar surface area (TPSA) is 90.8 Å². The zero-order valence-corrected chi connectivity index (χ0v) is 13.7. The van der Waals surface area contributed by atoms with Gasteiger partial charge < -0.3 is 14.5 Å². The maximum Gasteiger partial charge on any atom is 0.291 e. The number of rotatable bonds is 7. The molecule has 0 spiro atoms. The predicted octanol–water partition coefficient (Wildman–Crippen LogP) is 1.09. The van der Waals surface area contributed by atoms with Gasteiger partial charge in [0.05, 0.1) is 11.8 Å². The van der Waals surface area contributed by atoms with Gasteiger partial charge in [-0.05, 0) is 20.3 Å². The number of nitrogens with one attached hydrogen (secondary N) is 1. The summed E-state index contributed by atoms with van der Waals surface area (Å²) in [5, 5.41) is 7.00. The van der Waals surface area contributed by atoms with E-state index in [4.69, 9.17) is 9.15 Å². The molecule has 0 aliphatic heterocycles. The maximum atomic E-state index is 12.5. The van der Waals surface area contributed by atoms with E-state index in [0.717, 1.165) is 11.9 Å². The summed E-state index contributed by atoms with van der Waals surface area (Å²) in [7, 11) is 0. The lowest BCUT2D eigenvalue weighted by molar-refractivity contribution is -0.121. The third kappa shape index (κ3) is 3.05. The van der Waals surface area contributed by atoms with Crippen molar-refractivity contribution in [3.8, 4) is 0 Å². The van der Waals surface area contributed by atoms with Crippen molar-refractivity contribution < 1.29 is 13.9 Å². The summed E-state index contributed by atoms with van der Waals surface area (Å²) in [5.74, 6) is 0.366.